The topological polar surface area (TPSA) is 39.2 Å². The van der Waals surface area contributed by atoms with Crippen LogP contribution < -0.4 is 4.74 Å². The summed E-state index contributed by atoms with van der Waals surface area (Å²) in [5.41, 5.74) is 2.85. The lowest BCUT2D eigenvalue weighted by molar-refractivity contribution is -0.129. The van der Waals surface area contributed by atoms with Crippen molar-refractivity contribution in [1.82, 2.24) is 4.98 Å². The molecule has 3 aromatic rings. The molecule has 0 amide bonds. The fourth-order valence-electron chi connectivity index (χ4n) is 2.09. The number of esters is 1. The van der Waals surface area contributed by atoms with E-state index in [0.29, 0.717) is 5.75 Å². The summed E-state index contributed by atoms with van der Waals surface area (Å²) in [5.74, 6) is 0.0798. The molecule has 104 valence electrons. The van der Waals surface area contributed by atoms with Crippen LogP contribution in [-0.4, -0.2) is 11.0 Å². The molecule has 0 saturated carbocycles. The van der Waals surface area contributed by atoms with Crippen molar-refractivity contribution in [2.24, 2.45) is 0 Å². The van der Waals surface area contributed by atoms with Crippen molar-refractivity contribution in [3.8, 4) is 16.3 Å². The number of carbonyl (C=O) groups excluding carboxylic acids is 1. The van der Waals surface area contributed by atoms with Gasteiger partial charge in [-0.1, -0.05) is 30.8 Å². The number of para-hydroxylation sites is 1. The predicted molar refractivity (Wildman–Crippen MR) is 85.6 cm³/mol. The molecule has 0 unspecified atom stereocenters. The maximum atomic E-state index is 11.4. The van der Waals surface area contributed by atoms with Crippen LogP contribution in [-0.2, 0) is 4.79 Å². The van der Waals surface area contributed by atoms with Crippen LogP contribution >= 0.6 is 11.3 Å². The average molecular weight is 295 g/mol. The molecular formula is C17H13NO2S. The number of benzene rings is 2. The van der Waals surface area contributed by atoms with Gasteiger partial charge in [-0.05, 0) is 25.1 Å². The van der Waals surface area contributed by atoms with Crippen LogP contribution in [0.3, 0.4) is 0 Å². The van der Waals surface area contributed by atoms with Gasteiger partial charge >= 0.3 is 5.97 Å². The Hall–Kier alpha value is -2.46. The molecule has 1 aromatic heterocycles. The Morgan fingerprint density at radius 3 is 2.81 bits per heavy atom. The van der Waals surface area contributed by atoms with Crippen LogP contribution in [0, 0.1) is 6.92 Å². The lowest BCUT2D eigenvalue weighted by Gasteiger charge is -2.08. The third-order valence-electron chi connectivity index (χ3n) is 3.19. The van der Waals surface area contributed by atoms with E-state index in [-0.39, 0.29) is 0 Å². The summed E-state index contributed by atoms with van der Waals surface area (Å²) in [7, 11) is 0. The molecule has 0 bridgehead atoms. The van der Waals surface area contributed by atoms with E-state index in [0.717, 1.165) is 32.4 Å². The van der Waals surface area contributed by atoms with Gasteiger partial charge in [0.25, 0.3) is 0 Å². The number of hydrogen-bond donors (Lipinski definition) is 0. The second-order valence-electron chi connectivity index (χ2n) is 4.54. The number of rotatable bonds is 3. The van der Waals surface area contributed by atoms with Gasteiger partial charge in [0.05, 0.1) is 10.2 Å². The summed E-state index contributed by atoms with van der Waals surface area (Å²) in [5, 5.41) is 0.921. The van der Waals surface area contributed by atoms with Crippen LogP contribution in [0.25, 0.3) is 20.8 Å². The lowest BCUT2D eigenvalue weighted by Crippen LogP contribution is -2.04. The second-order valence-corrected chi connectivity index (χ2v) is 5.57. The molecule has 0 N–H and O–H groups in total. The zero-order chi connectivity index (χ0) is 14.8. The first kappa shape index (κ1) is 13.5. The van der Waals surface area contributed by atoms with Gasteiger partial charge in [0.2, 0.25) is 0 Å². The number of aromatic nitrogens is 1. The van der Waals surface area contributed by atoms with E-state index in [1.807, 2.05) is 43.3 Å². The normalized spacial score (nSPS) is 10.5. The minimum atomic E-state index is -0.459. The highest BCUT2D eigenvalue weighted by Crippen LogP contribution is 2.35. The van der Waals surface area contributed by atoms with Crippen molar-refractivity contribution in [3.05, 3.63) is 60.7 Å². The molecule has 0 aliphatic rings. The Morgan fingerprint density at radius 2 is 2.05 bits per heavy atom. The smallest absolute Gasteiger partial charge is 0.335 e. The SMILES string of the molecule is C=CC(=O)Oc1cccc(-c2nc3ccccc3s2)c1C. The van der Waals surface area contributed by atoms with Crippen molar-refractivity contribution < 1.29 is 9.53 Å². The Balaban J connectivity index is 2.07. The first-order valence-corrected chi connectivity index (χ1v) is 7.30. The molecule has 0 fully saturated rings. The molecule has 0 aliphatic heterocycles. The number of fused-ring (bicyclic) bond motifs is 1. The molecule has 0 radical (unpaired) electrons. The number of hydrogen-bond acceptors (Lipinski definition) is 4. The third-order valence-corrected chi connectivity index (χ3v) is 4.26. The minimum absolute atomic E-state index is 0.459. The summed E-state index contributed by atoms with van der Waals surface area (Å²) in [4.78, 5) is 16.0. The highest BCUT2D eigenvalue weighted by Gasteiger charge is 2.12. The van der Waals surface area contributed by atoms with Crippen molar-refractivity contribution in [2.45, 2.75) is 6.92 Å². The van der Waals surface area contributed by atoms with Gasteiger partial charge in [0.1, 0.15) is 10.8 Å². The molecule has 3 rings (SSSR count). The standard InChI is InChI=1S/C17H13NO2S/c1-3-16(19)20-14-9-6-7-12(11(14)2)17-18-13-8-4-5-10-15(13)21-17/h3-10H,1H2,2H3. The van der Waals surface area contributed by atoms with Gasteiger partial charge in [0.15, 0.2) is 0 Å². The third kappa shape index (κ3) is 2.58. The zero-order valence-electron chi connectivity index (χ0n) is 11.5. The Labute approximate surface area is 126 Å². The molecule has 0 saturated heterocycles. The lowest BCUT2D eigenvalue weighted by atomic mass is 10.1. The highest BCUT2D eigenvalue weighted by atomic mass is 32.1. The second kappa shape index (κ2) is 5.50. The summed E-state index contributed by atoms with van der Waals surface area (Å²) < 4.78 is 6.39. The van der Waals surface area contributed by atoms with E-state index in [9.17, 15) is 4.79 Å². The molecule has 0 spiro atoms. The molecule has 1 heterocycles. The van der Waals surface area contributed by atoms with Gasteiger partial charge in [0, 0.05) is 17.2 Å². The van der Waals surface area contributed by atoms with E-state index >= 15 is 0 Å². The number of carbonyl (C=O) groups is 1. The molecule has 4 heteroatoms. The zero-order valence-corrected chi connectivity index (χ0v) is 12.3. The van der Waals surface area contributed by atoms with E-state index in [1.54, 1.807) is 17.4 Å². The maximum absolute atomic E-state index is 11.4. The first-order chi connectivity index (χ1) is 10.2. The van der Waals surface area contributed by atoms with Gasteiger partial charge < -0.3 is 4.74 Å². The minimum Gasteiger partial charge on any atom is -0.423 e. The van der Waals surface area contributed by atoms with Gasteiger partial charge in [-0.25, -0.2) is 9.78 Å². The fraction of sp³-hybridized carbons (Fsp3) is 0.0588. The van der Waals surface area contributed by atoms with Crippen LogP contribution in [0.2, 0.25) is 0 Å². The van der Waals surface area contributed by atoms with Crippen molar-refractivity contribution >= 4 is 27.5 Å². The van der Waals surface area contributed by atoms with E-state index in [4.69, 9.17) is 4.74 Å². The summed E-state index contributed by atoms with van der Waals surface area (Å²) in [6.07, 6.45) is 1.16. The Bertz CT molecular complexity index is 803. The molecule has 0 aliphatic carbocycles. The quantitative estimate of drug-likeness (QED) is 0.409. The van der Waals surface area contributed by atoms with E-state index in [1.165, 1.54) is 0 Å². The van der Waals surface area contributed by atoms with E-state index < -0.39 is 5.97 Å². The largest absolute Gasteiger partial charge is 0.423 e. The van der Waals surface area contributed by atoms with Gasteiger partial charge in [-0.15, -0.1) is 11.3 Å². The highest BCUT2D eigenvalue weighted by molar-refractivity contribution is 7.21. The Morgan fingerprint density at radius 1 is 1.24 bits per heavy atom. The molecule has 2 aromatic carbocycles. The number of thiazole rings is 1. The van der Waals surface area contributed by atoms with Crippen LogP contribution in [0.5, 0.6) is 5.75 Å². The fourth-order valence-corrected chi connectivity index (χ4v) is 3.14. The van der Waals surface area contributed by atoms with Crippen LogP contribution in [0.4, 0.5) is 0 Å². The monoisotopic (exact) mass is 295 g/mol. The molecule has 0 atom stereocenters. The molecular weight excluding hydrogens is 282 g/mol. The number of nitrogens with zero attached hydrogens (tertiary/aromatic N) is 1. The van der Waals surface area contributed by atoms with Crippen LogP contribution in [0.1, 0.15) is 5.56 Å². The van der Waals surface area contributed by atoms with Gasteiger partial charge in [-0.2, -0.15) is 0 Å². The van der Waals surface area contributed by atoms with E-state index in [2.05, 4.69) is 11.6 Å². The number of ether oxygens (including phenoxy) is 1. The van der Waals surface area contributed by atoms with Gasteiger partial charge in [-0.3, -0.25) is 0 Å². The first-order valence-electron chi connectivity index (χ1n) is 6.49. The molecule has 21 heavy (non-hydrogen) atoms. The average Bonchev–Trinajstić information content (AvgIpc) is 2.92. The Kier molecular flexibility index (Phi) is 3.54. The van der Waals surface area contributed by atoms with Crippen molar-refractivity contribution in [1.29, 1.82) is 0 Å². The van der Waals surface area contributed by atoms with Crippen molar-refractivity contribution in [3.63, 3.8) is 0 Å². The summed E-state index contributed by atoms with van der Waals surface area (Å²) in [6, 6.07) is 13.6. The predicted octanol–water partition coefficient (Wildman–Crippen LogP) is 4.36. The molecule has 3 nitrogen and oxygen atoms in total. The summed E-state index contributed by atoms with van der Waals surface area (Å²) in [6.45, 7) is 5.33. The maximum Gasteiger partial charge on any atom is 0.335 e. The van der Waals surface area contributed by atoms with Crippen molar-refractivity contribution in [2.75, 3.05) is 0 Å². The summed E-state index contributed by atoms with van der Waals surface area (Å²) >= 11 is 1.63. The van der Waals surface area contributed by atoms with Crippen LogP contribution in [0.15, 0.2) is 55.1 Å².